The van der Waals surface area contributed by atoms with Gasteiger partial charge in [0.05, 0.1) is 6.04 Å². The van der Waals surface area contributed by atoms with Crippen molar-refractivity contribution in [3.05, 3.63) is 35.9 Å². The number of hydrogen-bond acceptors (Lipinski definition) is 4. The van der Waals surface area contributed by atoms with Crippen molar-refractivity contribution in [2.75, 3.05) is 53.5 Å². The number of ether oxygens (including phenoxy) is 1. The number of benzene rings is 1. The van der Waals surface area contributed by atoms with Crippen LogP contribution < -0.4 is 0 Å². The number of piperidine rings is 1. The van der Waals surface area contributed by atoms with Gasteiger partial charge in [-0.2, -0.15) is 0 Å². The van der Waals surface area contributed by atoms with E-state index in [4.69, 9.17) is 4.74 Å². The standard InChI is InChI=1S/C20H29N3O3/c1-21-12-13-23(18(14-21)16-6-4-3-5-7-16)20(25)17-8-10-22(11-9-17)19(24)15-26-2/h3-7,17-18H,8-15H2,1-2H3/t18-/m1/s1. The summed E-state index contributed by atoms with van der Waals surface area (Å²) in [7, 11) is 3.64. The molecule has 0 bridgehead atoms. The van der Waals surface area contributed by atoms with Crippen LogP contribution in [0.4, 0.5) is 0 Å². The van der Waals surface area contributed by atoms with E-state index in [0.29, 0.717) is 13.1 Å². The SMILES string of the molecule is COCC(=O)N1CCC(C(=O)N2CCN(C)C[C@@H]2c2ccccc2)CC1. The zero-order chi connectivity index (χ0) is 18.5. The molecule has 26 heavy (non-hydrogen) atoms. The van der Waals surface area contributed by atoms with Crippen molar-refractivity contribution in [2.24, 2.45) is 5.92 Å². The van der Waals surface area contributed by atoms with Crippen LogP contribution in [0.15, 0.2) is 30.3 Å². The molecule has 0 aromatic heterocycles. The first-order chi connectivity index (χ1) is 12.6. The van der Waals surface area contributed by atoms with Gasteiger partial charge >= 0.3 is 0 Å². The van der Waals surface area contributed by atoms with Crippen LogP contribution in [0.5, 0.6) is 0 Å². The van der Waals surface area contributed by atoms with Gasteiger partial charge in [-0.25, -0.2) is 0 Å². The summed E-state index contributed by atoms with van der Waals surface area (Å²) in [5, 5.41) is 0. The van der Waals surface area contributed by atoms with Gasteiger partial charge in [-0.3, -0.25) is 9.59 Å². The molecule has 2 saturated heterocycles. The van der Waals surface area contributed by atoms with Gasteiger partial charge in [0.15, 0.2) is 0 Å². The van der Waals surface area contributed by atoms with Crippen LogP contribution in [0.2, 0.25) is 0 Å². The fraction of sp³-hybridized carbons (Fsp3) is 0.600. The van der Waals surface area contributed by atoms with Crippen LogP contribution in [0.25, 0.3) is 0 Å². The van der Waals surface area contributed by atoms with Crippen LogP contribution >= 0.6 is 0 Å². The third-order valence-electron chi connectivity index (χ3n) is 5.52. The molecule has 2 aliphatic heterocycles. The molecule has 6 nitrogen and oxygen atoms in total. The molecule has 1 atom stereocenters. The molecule has 142 valence electrons. The first-order valence-electron chi connectivity index (χ1n) is 9.41. The number of nitrogens with zero attached hydrogens (tertiary/aromatic N) is 3. The van der Waals surface area contributed by atoms with Gasteiger partial charge in [0.25, 0.3) is 0 Å². The number of carbonyl (C=O) groups excluding carboxylic acids is 2. The Morgan fingerprint density at radius 1 is 1.08 bits per heavy atom. The minimum absolute atomic E-state index is 0.0104. The molecule has 6 heteroatoms. The first kappa shape index (κ1) is 18.9. The van der Waals surface area contributed by atoms with E-state index in [0.717, 1.165) is 32.5 Å². The lowest BCUT2D eigenvalue weighted by Crippen LogP contribution is -2.52. The van der Waals surface area contributed by atoms with Crippen LogP contribution in [0.1, 0.15) is 24.4 Å². The molecular weight excluding hydrogens is 330 g/mol. The number of amides is 2. The predicted molar refractivity (Wildman–Crippen MR) is 99.6 cm³/mol. The van der Waals surface area contributed by atoms with Gasteiger partial charge in [-0.15, -0.1) is 0 Å². The van der Waals surface area contributed by atoms with E-state index < -0.39 is 0 Å². The lowest BCUT2D eigenvalue weighted by molar-refractivity contribution is -0.145. The average Bonchev–Trinajstić information content (AvgIpc) is 2.68. The molecule has 0 radical (unpaired) electrons. The van der Waals surface area contributed by atoms with Crippen LogP contribution in [0.3, 0.4) is 0 Å². The zero-order valence-corrected chi connectivity index (χ0v) is 15.8. The number of carbonyl (C=O) groups is 2. The highest BCUT2D eigenvalue weighted by Crippen LogP contribution is 2.29. The summed E-state index contributed by atoms with van der Waals surface area (Å²) in [6.07, 6.45) is 1.48. The predicted octanol–water partition coefficient (Wildman–Crippen LogP) is 1.39. The smallest absolute Gasteiger partial charge is 0.248 e. The van der Waals surface area contributed by atoms with Crippen LogP contribution in [0, 0.1) is 5.92 Å². The van der Waals surface area contributed by atoms with E-state index in [1.807, 2.05) is 23.1 Å². The number of piperazine rings is 1. The van der Waals surface area contributed by atoms with E-state index in [1.54, 1.807) is 0 Å². The fourth-order valence-electron chi connectivity index (χ4n) is 3.97. The Morgan fingerprint density at radius 2 is 1.77 bits per heavy atom. The normalized spacial score (nSPS) is 22.5. The molecule has 0 spiro atoms. The van der Waals surface area contributed by atoms with Gasteiger partial charge in [0.1, 0.15) is 6.61 Å². The molecule has 1 aromatic rings. The maximum absolute atomic E-state index is 13.2. The van der Waals surface area contributed by atoms with Crippen molar-refractivity contribution in [2.45, 2.75) is 18.9 Å². The van der Waals surface area contributed by atoms with Gasteiger partial charge in [-0.05, 0) is 25.5 Å². The second kappa shape index (κ2) is 8.64. The Bertz CT molecular complexity index is 614. The Labute approximate surface area is 155 Å². The third-order valence-corrected chi connectivity index (χ3v) is 5.52. The maximum Gasteiger partial charge on any atom is 0.248 e. The van der Waals surface area contributed by atoms with Gasteiger partial charge in [0.2, 0.25) is 11.8 Å². The van der Waals surface area contributed by atoms with E-state index in [1.165, 1.54) is 12.7 Å². The monoisotopic (exact) mass is 359 g/mol. The zero-order valence-electron chi connectivity index (χ0n) is 15.8. The minimum atomic E-state index is 0.0104. The Morgan fingerprint density at radius 3 is 2.42 bits per heavy atom. The Balaban J connectivity index is 1.65. The molecule has 3 rings (SSSR count). The molecule has 0 unspecified atom stereocenters. The maximum atomic E-state index is 13.2. The molecule has 2 amide bonds. The number of likely N-dealkylation sites (tertiary alicyclic amines) is 1. The lowest BCUT2D eigenvalue weighted by atomic mass is 9.93. The van der Waals surface area contributed by atoms with Crippen molar-refractivity contribution in [1.29, 1.82) is 0 Å². The van der Waals surface area contributed by atoms with Crippen molar-refractivity contribution < 1.29 is 14.3 Å². The molecule has 0 aliphatic carbocycles. The van der Waals surface area contributed by atoms with Crippen molar-refractivity contribution in [3.63, 3.8) is 0 Å². The average molecular weight is 359 g/mol. The second-order valence-electron chi connectivity index (χ2n) is 7.31. The van der Waals surface area contributed by atoms with E-state index in [-0.39, 0.29) is 30.4 Å². The third kappa shape index (κ3) is 4.24. The van der Waals surface area contributed by atoms with Gasteiger partial charge in [-0.1, -0.05) is 30.3 Å². The molecule has 0 saturated carbocycles. The van der Waals surface area contributed by atoms with Crippen molar-refractivity contribution in [3.8, 4) is 0 Å². The molecule has 2 fully saturated rings. The number of rotatable bonds is 4. The molecule has 1 aromatic carbocycles. The molecular formula is C20H29N3O3. The van der Waals surface area contributed by atoms with E-state index >= 15 is 0 Å². The highest BCUT2D eigenvalue weighted by atomic mass is 16.5. The summed E-state index contributed by atoms with van der Waals surface area (Å²) < 4.78 is 4.93. The minimum Gasteiger partial charge on any atom is -0.375 e. The quantitative estimate of drug-likeness (QED) is 0.815. The van der Waals surface area contributed by atoms with Gasteiger partial charge < -0.3 is 19.4 Å². The van der Waals surface area contributed by atoms with Crippen LogP contribution in [-0.4, -0.2) is 80.0 Å². The van der Waals surface area contributed by atoms with E-state index in [9.17, 15) is 9.59 Å². The number of hydrogen-bond donors (Lipinski definition) is 0. The number of likely N-dealkylation sites (N-methyl/N-ethyl adjacent to an activating group) is 1. The largest absolute Gasteiger partial charge is 0.375 e. The number of methoxy groups -OCH3 is 1. The highest BCUT2D eigenvalue weighted by Gasteiger charge is 2.35. The molecule has 0 N–H and O–H groups in total. The summed E-state index contributed by atoms with van der Waals surface area (Å²) in [6.45, 7) is 3.93. The summed E-state index contributed by atoms with van der Waals surface area (Å²) in [6, 6.07) is 10.4. The second-order valence-corrected chi connectivity index (χ2v) is 7.31. The molecule has 2 heterocycles. The van der Waals surface area contributed by atoms with Crippen LogP contribution in [-0.2, 0) is 14.3 Å². The van der Waals surface area contributed by atoms with Crippen molar-refractivity contribution in [1.82, 2.24) is 14.7 Å². The summed E-state index contributed by atoms with van der Waals surface area (Å²) in [4.78, 5) is 31.3. The fourth-order valence-corrected chi connectivity index (χ4v) is 3.97. The van der Waals surface area contributed by atoms with E-state index in [2.05, 4.69) is 29.0 Å². The first-order valence-corrected chi connectivity index (χ1v) is 9.41. The Kier molecular flexibility index (Phi) is 6.27. The summed E-state index contributed by atoms with van der Waals surface area (Å²) >= 11 is 0. The summed E-state index contributed by atoms with van der Waals surface area (Å²) in [5.41, 5.74) is 1.19. The summed E-state index contributed by atoms with van der Waals surface area (Å²) in [5.74, 6) is 0.266. The van der Waals surface area contributed by atoms with Crippen molar-refractivity contribution >= 4 is 11.8 Å². The Hall–Kier alpha value is -1.92. The molecule has 2 aliphatic rings. The topological polar surface area (TPSA) is 53.1 Å². The highest BCUT2D eigenvalue weighted by molar-refractivity contribution is 5.81. The van der Waals surface area contributed by atoms with Gasteiger partial charge in [0, 0.05) is 45.8 Å². The lowest BCUT2D eigenvalue weighted by Gasteiger charge is -2.43.